The summed E-state index contributed by atoms with van der Waals surface area (Å²) in [6.07, 6.45) is 0.0780. The van der Waals surface area contributed by atoms with E-state index >= 15 is 0 Å². The molecular formula is C24H21N3O2S. The van der Waals surface area contributed by atoms with E-state index in [4.69, 9.17) is 0 Å². The number of rotatable bonds is 5. The molecule has 1 aliphatic rings. The first kappa shape index (κ1) is 19.9. The van der Waals surface area contributed by atoms with E-state index < -0.39 is 5.25 Å². The number of anilines is 2. The van der Waals surface area contributed by atoms with Gasteiger partial charge in [-0.25, -0.2) is 4.99 Å². The highest BCUT2D eigenvalue weighted by molar-refractivity contribution is 8.16. The molecule has 1 heterocycles. The third kappa shape index (κ3) is 4.60. The zero-order valence-corrected chi connectivity index (χ0v) is 17.3. The van der Waals surface area contributed by atoms with Crippen LogP contribution >= 0.6 is 11.8 Å². The molecule has 2 amide bonds. The minimum atomic E-state index is -0.530. The van der Waals surface area contributed by atoms with Gasteiger partial charge in [-0.2, -0.15) is 0 Å². The lowest BCUT2D eigenvalue weighted by atomic mass is 10.2. The summed E-state index contributed by atoms with van der Waals surface area (Å²) in [5.74, 6) is -0.333. The Kier molecular flexibility index (Phi) is 5.95. The Morgan fingerprint density at radius 1 is 1.00 bits per heavy atom. The van der Waals surface area contributed by atoms with E-state index in [1.807, 2.05) is 91.9 Å². The fourth-order valence-electron chi connectivity index (χ4n) is 3.20. The van der Waals surface area contributed by atoms with Gasteiger partial charge in [0.2, 0.25) is 11.8 Å². The molecule has 1 aliphatic heterocycles. The van der Waals surface area contributed by atoms with E-state index in [9.17, 15) is 9.59 Å². The van der Waals surface area contributed by atoms with Gasteiger partial charge in [-0.3, -0.25) is 14.5 Å². The van der Waals surface area contributed by atoms with Crippen LogP contribution in [0.4, 0.5) is 17.1 Å². The zero-order chi connectivity index (χ0) is 20.9. The average molecular weight is 416 g/mol. The summed E-state index contributed by atoms with van der Waals surface area (Å²) >= 11 is 1.32. The number of aryl methyl sites for hydroxylation is 1. The summed E-state index contributed by atoms with van der Waals surface area (Å²) in [5, 5.41) is 2.93. The number of aliphatic imine (C=N–C) groups is 1. The molecule has 0 radical (unpaired) electrons. The van der Waals surface area contributed by atoms with E-state index in [1.165, 1.54) is 11.8 Å². The number of nitrogens with zero attached hydrogens (tertiary/aromatic N) is 2. The number of hydrogen-bond acceptors (Lipinski definition) is 4. The van der Waals surface area contributed by atoms with Crippen molar-refractivity contribution >= 4 is 45.8 Å². The first-order valence-corrected chi connectivity index (χ1v) is 10.5. The van der Waals surface area contributed by atoms with Crippen LogP contribution in [0.15, 0.2) is 89.9 Å². The number of amidine groups is 1. The molecule has 6 heteroatoms. The molecule has 4 rings (SSSR count). The molecule has 0 unspecified atom stereocenters. The number of nitrogens with one attached hydrogen (secondary N) is 1. The van der Waals surface area contributed by atoms with Crippen LogP contribution in [0.2, 0.25) is 0 Å². The van der Waals surface area contributed by atoms with Gasteiger partial charge in [0.15, 0.2) is 5.17 Å². The molecule has 3 aromatic rings. The summed E-state index contributed by atoms with van der Waals surface area (Å²) in [6.45, 7) is 1.97. The SMILES string of the molecule is Cc1cccc(NC(=O)C[C@@H]2SC(=Nc3ccccc3)N(c3ccccc3)C2=O)c1. The second kappa shape index (κ2) is 8.97. The van der Waals surface area contributed by atoms with Gasteiger partial charge in [0.1, 0.15) is 5.25 Å². The Balaban J connectivity index is 1.56. The Hall–Kier alpha value is -3.38. The smallest absolute Gasteiger partial charge is 0.247 e. The molecule has 30 heavy (non-hydrogen) atoms. The fourth-order valence-corrected chi connectivity index (χ4v) is 4.36. The van der Waals surface area contributed by atoms with Crippen molar-refractivity contribution in [2.45, 2.75) is 18.6 Å². The highest BCUT2D eigenvalue weighted by atomic mass is 32.2. The molecule has 1 fully saturated rings. The molecule has 5 nitrogen and oxygen atoms in total. The van der Waals surface area contributed by atoms with Crippen molar-refractivity contribution in [3.8, 4) is 0 Å². The van der Waals surface area contributed by atoms with Crippen molar-refractivity contribution in [1.29, 1.82) is 0 Å². The minimum absolute atomic E-state index is 0.0780. The quantitative estimate of drug-likeness (QED) is 0.626. The third-order valence-corrected chi connectivity index (χ3v) is 5.74. The van der Waals surface area contributed by atoms with Gasteiger partial charge in [-0.15, -0.1) is 0 Å². The van der Waals surface area contributed by atoms with Gasteiger partial charge in [0, 0.05) is 12.1 Å². The highest BCUT2D eigenvalue weighted by Gasteiger charge is 2.40. The van der Waals surface area contributed by atoms with E-state index in [1.54, 1.807) is 4.90 Å². The molecule has 0 saturated carbocycles. The lowest BCUT2D eigenvalue weighted by Crippen LogP contribution is -2.33. The summed E-state index contributed by atoms with van der Waals surface area (Å²) in [5.41, 5.74) is 3.30. The summed E-state index contributed by atoms with van der Waals surface area (Å²) in [4.78, 5) is 32.1. The first-order valence-electron chi connectivity index (χ1n) is 9.66. The zero-order valence-electron chi connectivity index (χ0n) is 16.5. The van der Waals surface area contributed by atoms with Crippen LogP contribution < -0.4 is 10.2 Å². The molecule has 3 aromatic carbocycles. The van der Waals surface area contributed by atoms with Crippen LogP contribution in [0.25, 0.3) is 0 Å². The third-order valence-electron chi connectivity index (χ3n) is 4.60. The second-order valence-corrected chi connectivity index (χ2v) is 8.14. The fraction of sp³-hybridized carbons (Fsp3) is 0.125. The molecule has 150 valence electrons. The monoisotopic (exact) mass is 415 g/mol. The highest BCUT2D eigenvalue weighted by Crippen LogP contribution is 2.35. The normalized spacial score (nSPS) is 17.4. The molecule has 0 bridgehead atoms. The van der Waals surface area contributed by atoms with Crippen LogP contribution in [0.3, 0.4) is 0 Å². The maximum absolute atomic E-state index is 13.2. The van der Waals surface area contributed by atoms with Crippen LogP contribution in [-0.4, -0.2) is 22.2 Å². The topological polar surface area (TPSA) is 61.8 Å². The van der Waals surface area contributed by atoms with E-state index in [0.29, 0.717) is 5.17 Å². The predicted molar refractivity (Wildman–Crippen MR) is 123 cm³/mol. The maximum atomic E-state index is 13.2. The predicted octanol–water partition coefficient (Wildman–Crippen LogP) is 5.16. The Morgan fingerprint density at radius 3 is 2.40 bits per heavy atom. The average Bonchev–Trinajstić information content (AvgIpc) is 3.04. The van der Waals surface area contributed by atoms with Gasteiger partial charge in [-0.1, -0.05) is 60.3 Å². The van der Waals surface area contributed by atoms with Crippen molar-refractivity contribution < 1.29 is 9.59 Å². The van der Waals surface area contributed by atoms with E-state index in [2.05, 4.69) is 10.3 Å². The van der Waals surface area contributed by atoms with Crippen molar-refractivity contribution in [3.05, 3.63) is 90.5 Å². The van der Waals surface area contributed by atoms with E-state index in [0.717, 1.165) is 22.6 Å². The molecule has 1 atom stereocenters. The lowest BCUT2D eigenvalue weighted by Gasteiger charge is -2.16. The van der Waals surface area contributed by atoms with Crippen molar-refractivity contribution in [3.63, 3.8) is 0 Å². The Bertz CT molecular complexity index is 1080. The molecule has 0 spiro atoms. The first-order chi connectivity index (χ1) is 14.6. The Labute approximate surface area is 179 Å². The van der Waals surface area contributed by atoms with Crippen molar-refractivity contribution in [1.82, 2.24) is 0 Å². The van der Waals surface area contributed by atoms with Crippen LogP contribution in [0.1, 0.15) is 12.0 Å². The standard InChI is InChI=1S/C24H21N3O2S/c1-17-9-8-12-19(15-17)25-22(28)16-21-23(29)27(20-13-6-3-7-14-20)24(30-21)26-18-10-4-2-5-11-18/h2-15,21H,16H2,1H3,(H,25,28)/t21-/m0/s1. The van der Waals surface area contributed by atoms with Crippen LogP contribution in [0.5, 0.6) is 0 Å². The number of hydrogen-bond donors (Lipinski definition) is 1. The number of carbonyl (C=O) groups excluding carboxylic acids is 2. The summed E-state index contributed by atoms with van der Waals surface area (Å²) < 4.78 is 0. The number of para-hydroxylation sites is 2. The molecular weight excluding hydrogens is 394 g/mol. The van der Waals surface area contributed by atoms with Gasteiger partial charge < -0.3 is 5.32 Å². The van der Waals surface area contributed by atoms with Gasteiger partial charge in [0.25, 0.3) is 0 Å². The number of thioether (sulfide) groups is 1. The maximum Gasteiger partial charge on any atom is 0.247 e. The van der Waals surface area contributed by atoms with Crippen molar-refractivity contribution in [2.75, 3.05) is 10.2 Å². The Morgan fingerprint density at radius 2 is 1.70 bits per heavy atom. The molecule has 0 aliphatic carbocycles. The van der Waals surface area contributed by atoms with Gasteiger partial charge in [-0.05, 0) is 48.9 Å². The number of carbonyl (C=O) groups is 2. The molecule has 1 N–H and O–H groups in total. The number of amides is 2. The van der Waals surface area contributed by atoms with Crippen LogP contribution in [0, 0.1) is 6.92 Å². The van der Waals surface area contributed by atoms with Gasteiger partial charge in [0.05, 0.1) is 11.4 Å². The summed E-state index contributed by atoms with van der Waals surface area (Å²) in [7, 11) is 0. The van der Waals surface area contributed by atoms with Crippen molar-refractivity contribution in [2.24, 2.45) is 4.99 Å². The molecule has 1 saturated heterocycles. The minimum Gasteiger partial charge on any atom is -0.326 e. The summed E-state index contributed by atoms with van der Waals surface area (Å²) in [6, 6.07) is 26.5. The second-order valence-electron chi connectivity index (χ2n) is 6.97. The molecule has 0 aromatic heterocycles. The lowest BCUT2D eigenvalue weighted by molar-refractivity contribution is -0.121. The van der Waals surface area contributed by atoms with Gasteiger partial charge >= 0.3 is 0 Å². The largest absolute Gasteiger partial charge is 0.326 e. The van der Waals surface area contributed by atoms with Crippen LogP contribution in [-0.2, 0) is 9.59 Å². The number of benzene rings is 3. The van der Waals surface area contributed by atoms with E-state index in [-0.39, 0.29) is 18.2 Å².